The molecule has 1 aromatic carbocycles. The van der Waals surface area contributed by atoms with Gasteiger partial charge < -0.3 is 4.90 Å². The number of carbonyl (C=O) groups excluding carboxylic acids is 1. The van der Waals surface area contributed by atoms with Gasteiger partial charge in [0, 0.05) is 24.1 Å². The molecule has 0 unspecified atom stereocenters. The zero-order valence-electron chi connectivity index (χ0n) is 11.9. The van der Waals surface area contributed by atoms with Crippen molar-refractivity contribution in [2.24, 2.45) is 5.92 Å². The number of hydrogen-bond acceptors (Lipinski definition) is 2. The standard InChI is InChI=1S/C16H23NOS/c1-12-8-9-14(19)10-15(12)16(18)17(2)11-13-6-4-3-5-7-13/h8-10,13,19H,3-7,11H2,1-2H3. The van der Waals surface area contributed by atoms with E-state index in [1.54, 1.807) is 0 Å². The Morgan fingerprint density at radius 3 is 2.68 bits per heavy atom. The number of hydrogen-bond donors (Lipinski definition) is 1. The fourth-order valence-corrected chi connectivity index (χ4v) is 3.09. The van der Waals surface area contributed by atoms with E-state index in [-0.39, 0.29) is 5.91 Å². The molecule has 1 aliphatic rings. The lowest BCUT2D eigenvalue weighted by Gasteiger charge is -2.27. The molecule has 1 aromatic rings. The Balaban J connectivity index is 2.03. The summed E-state index contributed by atoms with van der Waals surface area (Å²) in [4.78, 5) is 15.2. The summed E-state index contributed by atoms with van der Waals surface area (Å²) in [6, 6.07) is 5.76. The highest BCUT2D eigenvalue weighted by molar-refractivity contribution is 7.80. The van der Waals surface area contributed by atoms with Crippen LogP contribution in [0.2, 0.25) is 0 Å². The van der Waals surface area contributed by atoms with E-state index in [1.807, 2.05) is 37.1 Å². The van der Waals surface area contributed by atoms with Gasteiger partial charge in [-0.1, -0.05) is 25.3 Å². The van der Waals surface area contributed by atoms with Gasteiger partial charge in [-0.15, -0.1) is 12.6 Å². The fourth-order valence-electron chi connectivity index (χ4n) is 2.89. The third-order valence-corrected chi connectivity index (χ3v) is 4.33. The minimum Gasteiger partial charge on any atom is -0.341 e. The number of rotatable bonds is 3. The van der Waals surface area contributed by atoms with Crippen LogP contribution in [-0.4, -0.2) is 24.4 Å². The maximum absolute atomic E-state index is 12.5. The van der Waals surface area contributed by atoms with E-state index in [4.69, 9.17) is 0 Å². The van der Waals surface area contributed by atoms with Crippen LogP contribution in [0.1, 0.15) is 48.0 Å². The van der Waals surface area contributed by atoms with Crippen molar-refractivity contribution in [2.45, 2.75) is 43.9 Å². The predicted octanol–water partition coefficient (Wildman–Crippen LogP) is 3.94. The molecule has 1 fully saturated rings. The van der Waals surface area contributed by atoms with E-state index in [9.17, 15) is 4.79 Å². The molecule has 104 valence electrons. The number of aryl methyl sites for hydroxylation is 1. The molecular formula is C16H23NOS. The Hall–Kier alpha value is -0.960. The van der Waals surface area contributed by atoms with Crippen LogP contribution in [0.5, 0.6) is 0 Å². The lowest BCUT2D eigenvalue weighted by atomic mass is 9.89. The molecule has 0 atom stereocenters. The molecule has 0 spiro atoms. The van der Waals surface area contributed by atoms with Crippen molar-refractivity contribution in [2.75, 3.05) is 13.6 Å². The number of benzene rings is 1. The van der Waals surface area contributed by atoms with Crippen LogP contribution in [0.4, 0.5) is 0 Å². The molecular weight excluding hydrogens is 254 g/mol. The fraction of sp³-hybridized carbons (Fsp3) is 0.562. The number of amides is 1. The summed E-state index contributed by atoms with van der Waals surface area (Å²) in [6.07, 6.45) is 6.52. The Kier molecular flexibility index (Phi) is 4.92. The first-order valence-corrected chi connectivity index (χ1v) is 7.57. The van der Waals surface area contributed by atoms with E-state index in [1.165, 1.54) is 32.1 Å². The first-order chi connectivity index (χ1) is 9.08. The van der Waals surface area contributed by atoms with Gasteiger partial charge >= 0.3 is 0 Å². The first kappa shape index (κ1) is 14.4. The number of carbonyl (C=O) groups is 1. The van der Waals surface area contributed by atoms with Crippen molar-refractivity contribution in [3.63, 3.8) is 0 Å². The highest BCUT2D eigenvalue weighted by Crippen LogP contribution is 2.25. The Morgan fingerprint density at radius 2 is 2.00 bits per heavy atom. The van der Waals surface area contributed by atoms with Crippen LogP contribution in [0, 0.1) is 12.8 Å². The maximum atomic E-state index is 12.5. The Bertz CT molecular complexity index is 452. The molecule has 3 heteroatoms. The maximum Gasteiger partial charge on any atom is 0.253 e. The minimum absolute atomic E-state index is 0.124. The first-order valence-electron chi connectivity index (χ1n) is 7.13. The minimum atomic E-state index is 0.124. The molecule has 0 radical (unpaired) electrons. The number of nitrogens with zero attached hydrogens (tertiary/aromatic N) is 1. The van der Waals surface area contributed by atoms with Gasteiger partial charge in [0.05, 0.1) is 0 Å². The monoisotopic (exact) mass is 277 g/mol. The zero-order valence-corrected chi connectivity index (χ0v) is 12.7. The van der Waals surface area contributed by atoms with Gasteiger partial charge in [-0.3, -0.25) is 4.79 Å². The van der Waals surface area contributed by atoms with Crippen molar-refractivity contribution in [1.29, 1.82) is 0 Å². The van der Waals surface area contributed by atoms with E-state index < -0.39 is 0 Å². The van der Waals surface area contributed by atoms with Crippen molar-refractivity contribution in [3.8, 4) is 0 Å². The predicted molar refractivity (Wildman–Crippen MR) is 82.0 cm³/mol. The van der Waals surface area contributed by atoms with Crippen LogP contribution >= 0.6 is 12.6 Å². The van der Waals surface area contributed by atoms with Crippen molar-refractivity contribution < 1.29 is 4.79 Å². The molecule has 2 rings (SSSR count). The van der Waals surface area contributed by atoms with E-state index in [2.05, 4.69) is 12.6 Å². The number of thiol groups is 1. The quantitative estimate of drug-likeness (QED) is 0.830. The largest absolute Gasteiger partial charge is 0.341 e. The van der Waals surface area contributed by atoms with Crippen LogP contribution in [0.3, 0.4) is 0 Å². The van der Waals surface area contributed by atoms with E-state index in [0.717, 1.165) is 22.6 Å². The van der Waals surface area contributed by atoms with Crippen LogP contribution in [-0.2, 0) is 0 Å². The van der Waals surface area contributed by atoms with Crippen LogP contribution in [0.15, 0.2) is 23.1 Å². The Morgan fingerprint density at radius 1 is 1.32 bits per heavy atom. The molecule has 0 N–H and O–H groups in total. The molecule has 0 saturated heterocycles. The molecule has 0 bridgehead atoms. The highest BCUT2D eigenvalue weighted by Gasteiger charge is 2.20. The third kappa shape index (κ3) is 3.75. The molecule has 1 aliphatic carbocycles. The van der Waals surface area contributed by atoms with Gasteiger partial charge in [0.1, 0.15) is 0 Å². The van der Waals surface area contributed by atoms with Crippen molar-refractivity contribution in [3.05, 3.63) is 29.3 Å². The van der Waals surface area contributed by atoms with Crippen molar-refractivity contribution in [1.82, 2.24) is 4.90 Å². The van der Waals surface area contributed by atoms with E-state index in [0.29, 0.717) is 5.92 Å². The molecule has 1 amide bonds. The second kappa shape index (κ2) is 6.47. The smallest absolute Gasteiger partial charge is 0.253 e. The summed E-state index contributed by atoms with van der Waals surface area (Å²) in [6.45, 7) is 2.87. The normalized spacial score (nSPS) is 16.4. The molecule has 1 saturated carbocycles. The molecule has 2 nitrogen and oxygen atoms in total. The summed E-state index contributed by atoms with van der Waals surface area (Å²) >= 11 is 4.32. The van der Waals surface area contributed by atoms with Gasteiger partial charge in [0.2, 0.25) is 0 Å². The lowest BCUT2D eigenvalue weighted by molar-refractivity contribution is 0.0759. The van der Waals surface area contributed by atoms with Gasteiger partial charge in [-0.05, 0) is 43.4 Å². The van der Waals surface area contributed by atoms with E-state index >= 15 is 0 Å². The average Bonchev–Trinajstić information content (AvgIpc) is 2.42. The van der Waals surface area contributed by atoms with Gasteiger partial charge in [0.25, 0.3) is 5.91 Å². The molecule has 19 heavy (non-hydrogen) atoms. The highest BCUT2D eigenvalue weighted by atomic mass is 32.1. The third-order valence-electron chi connectivity index (χ3n) is 4.06. The van der Waals surface area contributed by atoms with Gasteiger partial charge in [-0.25, -0.2) is 0 Å². The van der Waals surface area contributed by atoms with Crippen molar-refractivity contribution >= 4 is 18.5 Å². The summed E-state index contributed by atoms with van der Waals surface area (Å²) in [5, 5.41) is 0. The van der Waals surface area contributed by atoms with Crippen LogP contribution < -0.4 is 0 Å². The second-order valence-electron chi connectivity index (χ2n) is 5.69. The van der Waals surface area contributed by atoms with Crippen LogP contribution in [0.25, 0.3) is 0 Å². The summed E-state index contributed by atoms with van der Waals surface area (Å²) in [5.41, 5.74) is 1.81. The molecule has 0 aromatic heterocycles. The molecule has 0 heterocycles. The summed E-state index contributed by atoms with van der Waals surface area (Å²) < 4.78 is 0. The lowest BCUT2D eigenvalue weighted by Crippen LogP contribution is -2.33. The Labute approximate surface area is 121 Å². The average molecular weight is 277 g/mol. The topological polar surface area (TPSA) is 20.3 Å². The SMILES string of the molecule is Cc1ccc(S)cc1C(=O)N(C)CC1CCCCC1. The van der Waals surface area contributed by atoms with Gasteiger partial charge in [0.15, 0.2) is 0 Å². The zero-order chi connectivity index (χ0) is 13.8. The van der Waals surface area contributed by atoms with Gasteiger partial charge in [-0.2, -0.15) is 0 Å². The molecule has 0 aliphatic heterocycles. The summed E-state index contributed by atoms with van der Waals surface area (Å²) in [7, 11) is 1.92. The second-order valence-corrected chi connectivity index (χ2v) is 6.21. The summed E-state index contributed by atoms with van der Waals surface area (Å²) in [5.74, 6) is 0.807.